The van der Waals surface area contributed by atoms with Gasteiger partial charge in [-0.25, -0.2) is 13.2 Å². The predicted octanol–water partition coefficient (Wildman–Crippen LogP) is 3.31. The molecule has 0 aliphatic carbocycles. The van der Waals surface area contributed by atoms with Gasteiger partial charge < -0.3 is 10.2 Å². The van der Waals surface area contributed by atoms with E-state index in [0.717, 1.165) is 37.8 Å². The van der Waals surface area contributed by atoms with E-state index >= 15 is 0 Å². The second-order valence-corrected chi connectivity index (χ2v) is 5.36. The molecule has 6 heteroatoms. The van der Waals surface area contributed by atoms with E-state index in [4.69, 9.17) is 0 Å². The van der Waals surface area contributed by atoms with Gasteiger partial charge in [-0.1, -0.05) is 12.8 Å². The highest BCUT2D eigenvalue weighted by Gasteiger charge is 2.22. The summed E-state index contributed by atoms with van der Waals surface area (Å²) in [5.41, 5.74) is 0.0575. The van der Waals surface area contributed by atoms with E-state index < -0.39 is 23.5 Å². The van der Waals surface area contributed by atoms with Gasteiger partial charge in [0.05, 0.1) is 0 Å². The van der Waals surface area contributed by atoms with Crippen LogP contribution in [0.1, 0.15) is 32.6 Å². The number of hydrogen-bond donors (Lipinski definition) is 1. The van der Waals surface area contributed by atoms with Crippen molar-refractivity contribution in [1.82, 2.24) is 4.90 Å². The van der Waals surface area contributed by atoms with Crippen molar-refractivity contribution in [2.75, 3.05) is 18.4 Å². The molecule has 0 saturated carbocycles. The summed E-state index contributed by atoms with van der Waals surface area (Å²) in [5.74, 6) is -4.16. The molecule has 1 aromatic rings. The van der Waals surface area contributed by atoms with Crippen molar-refractivity contribution < 1.29 is 18.0 Å². The Hall–Kier alpha value is -1.72. The van der Waals surface area contributed by atoms with Crippen LogP contribution in [0.4, 0.5) is 18.9 Å². The lowest BCUT2D eigenvalue weighted by atomic mass is 10.2. The third kappa shape index (κ3) is 3.89. The van der Waals surface area contributed by atoms with Crippen LogP contribution in [0.3, 0.4) is 0 Å². The standard InChI is InChI=1S/C15H19F3N2O/c1-10(15(21)20-6-4-2-3-5-7-20)19-11-8-12(16)14(18)13(17)9-11/h8-10,19H,2-7H2,1H3. The van der Waals surface area contributed by atoms with Crippen molar-refractivity contribution in [2.45, 2.75) is 38.6 Å². The Morgan fingerprint density at radius 2 is 1.62 bits per heavy atom. The van der Waals surface area contributed by atoms with E-state index in [2.05, 4.69) is 5.32 Å². The molecular formula is C15H19F3N2O. The molecule has 1 unspecified atom stereocenters. The lowest BCUT2D eigenvalue weighted by Gasteiger charge is -2.25. The van der Waals surface area contributed by atoms with Crippen molar-refractivity contribution in [2.24, 2.45) is 0 Å². The summed E-state index contributed by atoms with van der Waals surface area (Å²) in [7, 11) is 0. The first-order chi connectivity index (χ1) is 9.99. The topological polar surface area (TPSA) is 32.3 Å². The Bertz CT molecular complexity index is 491. The molecule has 1 heterocycles. The first kappa shape index (κ1) is 15.7. The molecule has 0 aromatic heterocycles. The molecule has 0 bridgehead atoms. The Balaban J connectivity index is 2.03. The van der Waals surface area contributed by atoms with Gasteiger partial charge in [0.15, 0.2) is 17.5 Å². The number of carbonyl (C=O) groups excluding carboxylic acids is 1. The second kappa shape index (κ2) is 6.83. The molecule has 1 aliphatic heterocycles. The molecule has 3 nitrogen and oxygen atoms in total. The smallest absolute Gasteiger partial charge is 0.244 e. The van der Waals surface area contributed by atoms with Crippen LogP contribution in [-0.2, 0) is 4.79 Å². The molecule has 1 N–H and O–H groups in total. The van der Waals surface area contributed by atoms with E-state index in [1.165, 1.54) is 0 Å². The number of amides is 1. The van der Waals surface area contributed by atoms with E-state index in [0.29, 0.717) is 13.1 Å². The zero-order valence-electron chi connectivity index (χ0n) is 12.0. The van der Waals surface area contributed by atoms with Crippen LogP contribution in [0, 0.1) is 17.5 Å². The second-order valence-electron chi connectivity index (χ2n) is 5.36. The van der Waals surface area contributed by atoms with Gasteiger partial charge in [0, 0.05) is 30.9 Å². The summed E-state index contributed by atoms with van der Waals surface area (Å²) in [6.07, 6.45) is 4.16. The quantitative estimate of drug-likeness (QED) is 0.869. The summed E-state index contributed by atoms with van der Waals surface area (Å²) in [5, 5.41) is 2.73. The summed E-state index contributed by atoms with van der Waals surface area (Å²) >= 11 is 0. The van der Waals surface area contributed by atoms with Gasteiger partial charge >= 0.3 is 0 Å². The van der Waals surface area contributed by atoms with Crippen LogP contribution in [-0.4, -0.2) is 29.9 Å². The van der Waals surface area contributed by atoms with Crippen LogP contribution >= 0.6 is 0 Å². The molecule has 2 rings (SSSR count). The molecule has 21 heavy (non-hydrogen) atoms. The minimum Gasteiger partial charge on any atom is -0.374 e. The van der Waals surface area contributed by atoms with Gasteiger partial charge in [-0.3, -0.25) is 4.79 Å². The van der Waals surface area contributed by atoms with Gasteiger partial charge in [-0.15, -0.1) is 0 Å². The highest BCUT2D eigenvalue weighted by atomic mass is 19.2. The largest absolute Gasteiger partial charge is 0.374 e. The van der Waals surface area contributed by atoms with Gasteiger partial charge in [0.2, 0.25) is 5.91 Å². The third-order valence-electron chi connectivity index (χ3n) is 3.66. The van der Waals surface area contributed by atoms with E-state index in [9.17, 15) is 18.0 Å². The lowest BCUT2D eigenvalue weighted by molar-refractivity contribution is -0.131. The van der Waals surface area contributed by atoms with Crippen LogP contribution in [0.5, 0.6) is 0 Å². The molecule has 116 valence electrons. The monoisotopic (exact) mass is 300 g/mol. The molecule has 1 aromatic carbocycles. The Morgan fingerprint density at radius 3 is 2.14 bits per heavy atom. The van der Waals surface area contributed by atoms with Crippen LogP contribution in [0.2, 0.25) is 0 Å². The summed E-state index contributed by atoms with van der Waals surface area (Å²) < 4.78 is 39.2. The van der Waals surface area contributed by atoms with Crippen molar-refractivity contribution in [3.63, 3.8) is 0 Å². The van der Waals surface area contributed by atoms with Gasteiger partial charge in [0.1, 0.15) is 6.04 Å². The number of anilines is 1. The predicted molar refractivity (Wildman–Crippen MR) is 74.4 cm³/mol. The Labute approximate surface area is 122 Å². The maximum Gasteiger partial charge on any atom is 0.244 e. The molecule has 1 fully saturated rings. The number of hydrogen-bond acceptors (Lipinski definition) is 2. The third-order valence-corrected chi connectivity index (χ3v) is 3.66. The lowest BCUT2D eigenvalue weighted by Crippen LogP contribution is -2.41. The van der Waals surface area contributed by atoms with Crippen molar-refractivity contribution in [3.8, 4) is 0 Å². The Morgan fingerprint density at radius 1 is 1.10 bits per heavy atom. The number of likely N-dealkylation sites (tertiary alicyclic amines) is 1. The number of benzene rings is 1. The molecular weight excluding hydrogens is 281 g/mol. The number of nitrogens with zero attached hydrogens (tertiary/aromatic N) is 1. The normalized spacial score (nSPS) is 17.2. The number of rotatable bonds is 3. The van der Waals surface area contributed by atoms with Crippen molar-refractivity contribution >= 4 is 11.6 Å². The maximum atomic E-state index is 13.1. The first-order valence-electron chi connectivity index (χ1n) is 7.19. The summed E-state index contributed by atoms with van der Waals surface area (Å²) in [6, 6.07) is 1.09. The van der Waals surface area contributed by atoms with Crippen LogP contribution < -0.4 is 5.32 Å². The fourth-order valence-corrected chi connectivity index (χ4v) is 2.52. The minimum absolute atomic E-state index is 0.0575. The number of carbonyl (C=O) groups is 1. The zero-order valence-corrected chi connectivity index (χ0v) is 12.0. The van der Waals surface area contributed by atoms with Gasteiger partial charge in [-0.05, 0) is 19.8 Å². The highest BCUT2D eigenvalue weighted by molar-refractivity contribution is 5.84. The molecule has 0 radical (unpaired) electrons. The van der Waals surface area contributed by atoms with Crippen molar-refractivity contribution in [3.05, 3.63) is 29.6 Å². The molecule has 1 saturated heterocycles. The molecule has 0 spiro atoms. The van der Waals surface area contributed by atoms with Gasteiger partial charge in [0.25, 0.3) is 0 Å². The van der Waals surface area contributed by atoms with E-state index in [-0.39, 0.29) is 11.6 Å². The SMILES string of the molecule is CC(Nc1cc(F)c(F)c(F)c1)C(=O)N1CCCCCC1. The molecule has 1 atom stereocenters. The summed E-state index contributed by atoms with van der Waals surface area (Å²) in [4.78, 5) is 14.1. The minimum atomic E-state index is -1.51. The summed E-state index contributed by atoms with van der Waals surface area (Å²) in [6.45, 7) is 3.04. The first-order valence-corrected chi connectivity index (χ1v) is 7.19. The highest BCUT2D eigenvalue weighted by Crippen LogP contribution is 2.19. The Kier molecular flexibility index (Phi) is 5.09. The average molecular weight is 300 g/mol. The number of halogens is 3. The van der Waals surface area contributed by atoms with Gasteiger partial charge in [-0.2, -0.15) is 0 Å². The molecule has 1 aliphatic rings. The van der Waals surface area contributed by atoms with Crippen molar-refractivity contribution in [1.29, 1.82) is 0 Å². The van der Waals surface area contributed by atoms with Crippen LogP contribution in [0.15, 0.2) is 12.1 Å². The van der Waals surface area contributed by atoms with E-state index in [1.807, 2.05) is 0 Å². The fourth-order valence-electron chi connectivity index (χ4n) is 2.52. The maximum absolute atomic E-state index is 13.1. The number of nitrogens with one attached hydrogen (secondary N) is 1. The molecule has 1 amide bonds. The fraction of sp³-hybridized carbons (Fsp3) is 0.533. The van der Waals surface area contributed by atoms with Crippen LogP contribution in [0.25, 0.3) is 0 Å². The van der Waals surface area contributed by atoms with E-state index in [1.54, 1.807) is 11.8 Å². The zero-order chi connectivity index (χ0) is 15.4. The average Bonchev–Trinajstić information content (AvgIpc) is 2.72.